The molecule has 1 atom stereocenters. The van der Waals surface area contributed by atoms with Crippen molar-refractivity contribution in [3.05, 3.63) is 23.8 Å². The van der Waals surface area contributed by atoms with Crippen molar-refractivity contribution in [3.63, 3.8) is 0 Å². The molecule has 0 bridgehead atoms. The first kappa shape index (κ1) is 15.5. The Balaban J connectivity index is 2.15. The molecule has 0 spiro atoms. The van der Waals surface area contributed by atoms with Gasteiger partial charge < -0.3 is 10.6 Å². The maximum Gasteiger partial charge on any atom is 0.243 e. The van der Waals surface area contributed by atoms with E-state index in [0.717, 1.165) is 11.8 Å². The second-order valence-corrected chi connectivity index (χ2v) is 6.99. The fourth-order valence-corrected chi connectivity index (χ4v) is 2.59. The highest BCUT2D eigenvalue weighted by Gasteiger charge is 2.24. The van der Waals surface area contributed by atoms with E-state index in [-0.39, 0.29) is 29.8 Å². The summed E-state index contributed by atoms with van der Waals surface area (Å²) in [6, 6.07) is 4.04. The first-order valence-electron chi connectivity index (χ1n) is 6.39. The first-order valence-corrected chi connectivity index (χ1v) is 8.28. The largest absolute Gasteiger partial charge is 0.353 e. The van der Waals surface area contributed by atoms with E-state index >= 15 is 0 Å². The van der Waals surface area contributed by atoms with Crippen LogP contribution >= 0.6 is 0 Å². The predicted octanol–water partition coefficient (Wildman–Crippen LogP) is -0.575. The van der Waals surface area contributed by atoms with Gasteiger partial charge in [-0.25, -0.2) is 8.42 Å². The minimum absolute atomic E-state index is 0.0838. The molecule has 0 radical (unpaired) electrons. The van der Waals surface area contributed by atoms with Gasteiger partial charge in [0.05, 0.1) is 11.4 Å². The van der Waals surface area contributed by atoms with Gasteiger partial charge in [-0.3, -0.25) is 14.9 Å². The van der Waals surface area contributed by atoms with Gasteiger partial charge in [-0.05, 0) is 24.6 Å². The van der Waals surface area contributed by atoms with Gasteiger partial charge in [0.2, 0.25) is 11.8 Å². The van der Waals surface area contributed by atoms with E-state index in [2.05, 4.69) is 16.0 Å². The van der Waals surface area contributed by atoms with Crippen LogP contribution in [-0.2, 0) is 19.4 Å². The zero-order valence-electron chi connectivity index (χ0n) is 11.8. The first-order chi connectivity index (χ1) is 9.77. The molecule has 21 heavy (non-hydrogen) atoms. The maximum absolute atomic E-state index is 12.1. The Bertz CT molecular complexity index is 675. The average molecular weight is 311 g/mol. The molecule has 1 aromatic carbocycles. The van der Waals surface area contributed by atoms with Crippen LogP contribution in [0.5, 0.6) is 0 Å². The molecule has 7 nitrogen and oxygen atoms in total. The number of anilines is 1. The van der Waals surface area contributed by atoms with Crippen LogP contribution < -0.4 is 16.0 Å². The Morgan fingerprint density at radius 1 is 1.38 bits per heavy atom. The highest BCUT2D eigenvalue weighted by atomic mass is 32.2. The number of sulfone groups is 1. The van der Waals surface area contributed by atoms with Gasteiger partial charge in [0.15, 0.2) is 9.84 Å². The molecule has 1 fully saturated rings. The van der Waals surface area contributed by atoms with Crippen molar-refractivity contribution in [2.45, 2.75) is 17.9 Å². The number of hydrogen-bond donors (Lipinski definition) is 3. The monoisotopic (exact) mass is 311 g/mol. The molecule has 0 saturated carbocycles. The third-order valence-corrected chi connectivity index (χ3v) is 4.33. The second-order valence-electron chi connectivity index (χ2n) is 4.98. The maximum atomic E-state index is 12.1. The molecule has 1 heterocycles. The number of aryl methyl sites for hydroxylation is 1. The number of piperazine rings is 1. The van der Waals surface area contributed by atoms with Gasteiger partial charge in [0.1, 0.15) is 6.04 Å². The van der Waals surface area contributed by atoms with E-state index in [9.17, 15) is 18.0 Å². The highest BCUT2D eigenvalue weighted by Crippen LogP contribution is 2.20. The molecule has 0 aliphatic carbocycles. The predicted molar refractivity (Wildman–Crippen MR) is 77.7 cm³/mol. The van der Waals surface area contributed by atoms with Gasteiger partial charge >= 0.3 is 0 Å². The molecular weight excluding hydrogens is 294 g/mol. The van der Waals surface area contributed by atoms with Crippen molar-refractivity contribution in [1.29, 1.82) is 0 Å². The topological polar surface area (TPSA) is 104 Å². The molecule has 0 aromatic heterocycles. The Labute approximate surface area is 123 Å². The second kappa shape index (κ2) is 5.82. The molecule has 2 amide bonds. The number of rotatable bonds is 3. The van der Waals surface area contributed by atoms with Gasteiger partial charge in [-0.15, -0.1) is 0 Å². The summed E-state index contributed by atoms with van der Waals surface area (Å²) < 4.78 is 23.1. The lowest BCUT2D eigenvalue weighted by Gasteiger charge is -2.23. The Kier molecular flexibility index (Phi) is 4.29. The van der Waals surface area contributed by atoms with Crippen LogP contribution in [-0.4, -0.2) is 45.6 Å². The van der Waals surface area contributed by atoms with Crippen LogP contribution in [0, 0.1) is 6.92 Å². The molecule has 2 rings (SSSR count). The lowest BCUT2D eigenvalue weighted by atomic mass is 10.1. The van der Waals surface area contributed by atoms with Crippen LogP contribution in [0.25, 0.3) is 0 Å². The molecule has 1 unspecified atom stereocenters. The number of benzene rings is 1. The Hall–Kier alpha value is -1.93. The van der Waals surface area contributed by atoms with Crippen molar-refractivity contribution in [3.8, 4) is 0 Å². The number of carbonyl (C=O) groups excluding carboxylic acids is 2. The lowest BCUT2D eigenvalue weighted by Crippen LogP contribution is -2.56. The van der Waals surface area contributed by atoms with Crippen molar-refractivity contribution in [2.24, 2.45) is 0 Å². The SMILES string of the molecule is Cc1ccc(S(C)(=O)=O)cc1NC(=O)C1CNC(=O)CN1. The number of hydrogen-bond acceptors (Lipinski definition) is 5. The number of nitrogens with one attached hydrogen (secondary N) is 3. The molecule has 1 aromatic rings. The minimum Gasteiger partial charge on any atom is -0.353 e. The fourth-order valence-electron chi connectivity index (χ4n) is 1.94. The summed E-state index contributed by atoms with van der Waals surface area (Å²) in [6.07, 6.45) is 1.11. The van der Waals surface area contributed by atoms with Crippen LogP contribution in [0.1, 0.15) is 5.56 Å². The molecule has 1 saturated heterocycles. The zero-order valence-corrected chi connectivity index (χ0v) is 12.6. The van der Waals surface area contributed by atoms with Crippen LogP contribution in [0.15, 0.2) is 23.1 Å². The lowest BCUT2D eigenvalue weighted by molar-refractivity contribution is -0.124. The number of carbonyl (C=O) groups is 2. The summed E-state index contributed by atoms with van der Waals surface area (Å²) in [7, 11) is -3.33. The van der Waals surface area contributed by atoms with E-state index in [1.54, 1.807) is 13.0 Å². The summed E-state index contributed by atoms with van der Waals surface area (Å²) in [5.74, 6) is -0.474. The van der Waals surface area contributed by atoms with Crippen molar-refractivity contribution >= 4 is 27.3 Å². The summed E-state index contributed by atoms with van der Waals surface area (Å²) in [4.78, 5) is 23.3. The van der Waals surface area contributed by atoms with Gasteiger partial charge in [-0.1, -0.05) is 6.07 Å². The molecular formula is C13H17N3O4S. The Morgan fingerprint density at radius 2 is 2.10 bits per heavy atom. The average Bonchev–Trinajstić information content (AvgIpc) is 2.40. The quantitative estimate of drug-likeness (QED) is 0.693. The smallest absolute Gasteiger partial charge is 0.243 e. The molecule has 8 heteroatoms. The molecule has 3 N–H and O–H groups in total. The molecule has 1 aliphatic heterocycles. The van der Waals surface area contributed by atoms with Crippen molar-refractivity contribution in [2.75, 3.05) is 24.7 Å². The third-order valence-electron chi connectivity index (χ3n) is 3.22. The van der Waals surface area contributed by atoms with Crippen LogP contribution in [0.3, 0.4) is 0 Å². The van der Waals surface area contributed by atoms with E-state index < -0.39 is 15.9 Å². The van der Waals surface area contributed by atoms with Gasteiger partial charge in [0, 0.05) is 18.5 Å². The van der Waals surface area contributed by atoms with E-state index in [1.165, 1.54) is 12.1 Å². The third kappa shape index (κ3) is 3.79. The normalized spacial score (nSPS) is 19.0. The summed E-state index contributed by atoms with van der Waals surface area (Å²) in [5, 5.41) is 8.09. The van der Waals surface area contributed by atoms with Crippen LogP contribution in [0.2, 0.25) is 0 Å². The van der Waals surface area contributed by atoms with Gasteiger partial charge in [-0.2, -0.15) is 0 Å². The minimum atomic E-state index is -3.33. The number of amides is 2. The Morgan fingerprint density at radius 3 is 2.67 bits per heavy atom. The molecule has 114 valence electrons. The van der Waals surface area contributed by atoms with Crippen LogP contribution in [0.4, 0.5) is 5.69 Å². The van der Waals surface area contributed by atoms with E-state index in [4.69, 9.17) is 0 Å². The zero-order chi connectivity index (χ0) is 15.6. The fraction of sp³-hybridized carbons (Fsp3) is 0.385. The summed E-state index contributed by atoms with van der Waals surface area (Å²) >= 11 is 0. The van der Waals surface area contributed by atoms with Gasteiger partial charge in [0.25, 0.3) is 0 Å². The summed E-state index contributed by atoms with van der Waals surface area (Å²) in [6.45, 7) is 2.06. The van der Waals surface area contributed by atoms with E-state index in [1.807, 2.05) is 0 Å². The van der Waals surface area contributed by atoms with Crippen molar-refractivity contribution in [1.82, 2.24) is 10.6 Å². The van der Waals surface area contributed by atoms with Crippen molar-refractivity contribution < 1.29 is 18.0 Å². The summed E-state index contributed by atoms with van der Waals surface area (Å²) in [5.41, 5.74) is 1.21. The van der Waals surface area contributed by atoms with E-state index in [0.29, 0.717) is 5.69 Å². The standard InChI is InChI=1S/C13H17N3O4S/c1-8-3-4-9(21(2,19)20)5-10(8)16-13(18)11-6-15-12(17)7-14-11/h3-5,11,14H,6-7H2,1-2H3,(H,15,17)(H,16,18). The highest BCUT2D eigenvalue weighted by molar-refractivity contribution is 7.90. The molecule has 1 aliphatic rings.